The fourth-order valence-electron chi connectivity index (χ4n) is 2.30. The van der Waals surface area contributed by atoms with E-state index in [0.717, 1.165) is 5.56 Å². The highest BCUT2D eigenvalue weighted by atomic mass is 16.5. The molecular formula is C17H20O4. The van der Waals surface area contributed by atoms with Crippen molar-refractivity contribution in [3.8, 4) is 17.2 Å². The molecule has 0 spiro atoms. The van der Waals surface area contributed by atoms with Crippen molar-refractivity contribution in [2.75, 3.05) is 21.3 Å². The molecule has 0 heterocycles. The monoisotopic (exact) mass is 288 g/mol. The van der Waals surface area contributed by atoms with Crippen molar-refractivity contribution in [1.82, 2.24) is 0 Å². The third-order valence-corrected chi connectivity index (χ3v) is 3.36. The zero-order chi connectivity index (χ0) is 15.2. The number of ether oxygens (including phenoxy) is 3. The first-order chi connectivity index (χ1) is 10.2. The molecule has 112 valence electrons. The van der Waals surface area contributed by atoms with Crippen LogP contribution in [0.4, 0.5) is 0 Å². The molecule has 0 bridgehead atoms. The van der Waals surface area contributed by atoms with Gasteiger partial charge in [0.15, 0.2) is 0 Å². The van der Waals surface area contributed by atoms with Gasteiger partial charge in [0.1, 0.15) is 17.2 Å². The van der Waals surface area contributed by atoms with E-state index in [-0.39, 0.29) is 0 Å². The maximum absolute atomic E-state index is 10.6. The van der Waals surface area contributed by atoms with Gasteiger partial charge in [-0.25, -0.2) is 0 Å². The summed E-state index contributed by atoms with van der Waals surface area (Å²) >= 11 is 0. The summed E-state index contributed by atoms with van der Waals surface area (Å²) < 4.78 is 15.9. The molecular weight excluding hydrogens is 268 g/mol. The Hall–Kier alpha value is -2.20. The van der Waals surface area contributed by atoms with Gasteiger partial charge in [0, 0.05) is 18.6 Å². The summed E-state index contributed by atoms with van der Waals surface area (Å²) in [4.78, 5) is 0. The van der Waals surface area contributed by atoms with Gasteiger partial charge in [-0.15, -0.1) is 0 Å². The molecule has 2 aromatic carbocycles. The third kappa shape index (κ3) is 3.47. The van der Waals surface area contributed by atoms with Crippen LogP contribution in [-0.4, -0.2) is 26.4 Å². The Bertz CT molecular complexity index is 556. The van der Waals surface area contributed by atoms with Crippen molar-refractivity contribution < 1.29 is 19.3 Å². The van der Waals surface area contributed by atoms with Crippen LogP contribution in [-0.2, 0) is 6.42 Å². The smallest absolute Gasteiger partial charge is 0.132 e. The summed E-state index contributed by atoms with van der Waals surface area (Å²) in [7, 11) is 4.70. The Kier molecular flexibility index (Phi) is 5.06. The highest BCUT2D eigenvalue weighted by Gasteiger charge is 2.21. The molecule has 0 radical (unpaired) electrons. The summed E-state index contributed by atoms with van der Waals surface area (Å²) in [5.41, 5.74) is 1.68. The average Bonchev–Trinajstić information content (AvgIpc) is 2.54. The maximum atomic E-state index is 10.6. The highest BCUT2D eigenvalue weighted by Crippen LogP contribution is 2.39. The standard InChI is InChI=1S/C17H20O4/c1-19-13-10-15(20-2)17(16(11-13)21-3)14(18)9-12-7-5-4-6-8-12/h4-8,10-11,14,18H,9H2,1-3H3. The van der Waals surface area contributed by atoms with Gasteiger partial charge in [-0.1, -0.05) is 30.3 Å². The van der Waals surface area contributed by atoms with Gasteiger partial charge in [-0.05, 0) is 5.56 Å². The third-order valence-electron chi connectivity index (χ3n) is 3.36. The van der Waals surface area contributed by atoms with Crippen LogP contribution in [0.25, 0.3) is 0 Å². The molecule has 0 saturated carbocycles. The molecule has 0 saturated heterocycles. The molecule has 1 unspecified atom stereocenters. The predicted octanol–water partition coefficient (Wildman–Crippen LogP) is 2.99. The topological polar surface area (TPSA) is 47.9 Å². The van der Waals surface area contributed by atoms with Crippen LogP contribution in [0.2, 0.25) is 0 Å². The molecule has 2 aromatic rings. The van der Waals surface area contributed by atoms with E-state index in [9.17, 15) is 5.11 Å². The largest absolute Gasteiger partial charge is 0.496 e. The van der Waals surface area contributed by atoms with Crippen molar-refractivity contribution in [3.05, 3.63) is 53.6 Å². The number of rotatable bonds is 6. The first-order valence-electron chi connectivity index (χ1n) is 6.71. The Balaban J connectivity index is 2.36. The lowest BCUT2D eigenvalue weighted by Crippen LogP contribution is -2.07. The van der Waals surface area contributed by atoms with Crippen LogP contribution >= 0.6 is 0 Å². The van der Waals surface area contributed by atoms with Crippen LogP contribution in [0.5, 0.6) is 17.2 Å². The molecule has 21 heavy (non-hydrogen) atoms. The molecule has 0 aliphatic rings. The first kappa shape index (κ1) is 15.2. The van der Waals surface area contributed by atoms with Gasteiger partial charge in [0.25, 0.3) is 0 Å². The van der Waals surface area contributed by atoms with Crippen LogP contribution in [0.15, 0.2) is 42.5 Å². The van der Waals surface area contributed by atoms with Crippen molar-refractivity contribution in [3.63, 3.8) is 0 Å². The van der Waals surface area contributed by atoms with E-state index in [2.05, 4.69) is 0 Å². The van der Waals surface area contributed by atoms with E-state index in [1.54, 1.807) is 33.5 Å². The second-order valence-electron chi connectivity index (χ2n) is 4.65. The van der Waals surface area contributed by atoms with E-state index in [0.29, 0.717) is 29.2 Å². The lowest BCUT2D eigenvalue weighted by Gasteiger charge is -2.19. The van der Waals surface area contributed by atoms with Gasteiger partial charge in [-0.2, -0.15) is 0 Å². The van der Waals surface area contributed by atoms with Gasteiger partial charge in [-0.3, -0.25) is 0 Å². The Morgan fingerprint density at radius 2 is 1.48 bits per heavy atom. The SMILES string of the molecule is COc1cc(OC)c(C(O)Cc2ccccc2)c(OC)c1. The summed E-state index contributed by atoms with van der Waals surface area (Å²) in [5, 5.41) is 10.6. The Morgan fingerprint density at radius 3 is 1.95 bits per heavy atom. The van der Waals surface area contributed by atoms with Crippen LogP contribution < -0.4 is 14.2 Å². The maximum Gasteiger partial charge on any atom is 0.132 e. The quantitative estimate of drug-likeness (QED) is 0.887. The van der Waals surface area contributed by atoms with Crippen molar-refractivity contribution in [2.45, 2.75) is 12.5 Å². The highest BCUT2D eigenvalue weighted by molar-refractivity contribution is 5.52. The summed E-state index contributed by atoms with van der Waals surface area (Å²) in [6.07, 6.45) is -0.233. The van der Waals surface area contributed by atoms with E-state index in [1.807, 2.05) is 30.3 Å². The lowest BCUT2D eigenvalue weighted by molar-refractivity contribution is 0.169. The van der Waals surface area contributed by atoms with E-state index >= 15 is 0 Å². The zero-order valence-corrected chi connectivity index (χ0v) is 12.5. The summed E-state index contributed by atoms with van der Waals surface area (Å²) in [6.45, 7) is 0. The molecule has 4 heteroatoms. The first-order valence-corrected chi connectivity index (χ1v) is 6.71. The summed E-state index contributed by atoms with van der Waals surface area (Å²) in [6, 6.07) is 13.3. The average molecular weight is 288 g/mol. The fourth-order valence-corrected chi connectivity index (χ4v) is 2.30. The molecule has 0 aliphatic carbocycles. The minimum atomic E-state index is -0.719. The minimum Gasteiger partial charge on any atom is -0.496 e. The van der Waals surface area contributed by atoms with E-state index in [4.69, 9.17) is 14.2 Å². The Morgan fingerprint density at radius 1 is 0.905 bits per heavy atom. The molecule has 0 aromatic heterocycles. The lowest BCUT2D eigenvalue weighted by atomic mass is 9.99. The molecule has 2 rings (SSSR count). The summed E-state index contributed by atoms with van der Waals surface area (Å²) in [5.74, 6) is 1.73. The number of hydrogen-bond donors (Lipinski definition) is 1. The van der Waals surface area contributed by atoms with Crippen LogP contribution in [0, 0.1) is 0 Å². The van der Waals surface area contributed by atoms with Crippen LogP contribution in [0.1, 0.15) is 17.2 Å². The van der Waals surface area contributed by atoms with Crippen molar-refractivity contribution in [1.29, 1.82) is 0 Å². The molecule has 1 atom stereocenters. The van der Waals surface area contributed by atoms with Gasteiger partial charge < -0.3 is 19.3 Å². The Labute approximate surface area is 124 Å². The fraction of sp³-hybridized carbons (Fsp3) is 0.294. The second kappa shape index (κ2) is 6.99. The number of aliphatic hydroxyl groups is 1. The molecule has 4 nitrogen and oxygen atoms in total. The molecule has 0 fully saturated rings. The molecule has 0 aliphatic heterocycles. The van der Waals surface area contributed by atoms with Gasteiger partial charge >= 0.3 is 0 Å². The number of benzene rings is 2. The van der Waals surface area contributed by atoms with E-state index in [1.165, 1.54) is 0 Å². The normalized spacial score (nSPS) is 11.8. The molecule has 1 N–H and O–H groups in total. The molecule has 0 amide bonds. The van der Waals surface area contributed by atoms with Crippen molar-refractivity contribution in [2.24, 2.45) is 0 Å². The zero-order valence-electron chi connectivity index (χ0n) is 12.5. The minimum absolute atomic E-state index is 0.486. The second-order valence-corrected chi connectivity index (χ2v) is 4.65. The van der Waals surface area contributed by atoms with Gasteiger partial charge in [0.05, 0.1) is 33.0 Å². The number of methoxy groups -OCH3 is 3. The number of hydrogen-bond acceptors (Lipinski definition) is 4. The number of aliphatic hydroxyl groups excluding tert-OH is 1. The predicted molar refractivity (Wildman–Crippen MR) is 81.2 cm³/mol. The van der Waals surface area contributed by atoms with Gasteiger partial charge in [0.2, 0.25) is 0 Å². The van der Waals surface area contributed by atoms with E-state index < -0.39 is 6.10 Å². The van der Waals surface area contributed by atoms with Crippen molar-refractivity contribution >= 4 is 0 Å². The van der Waals surface area contributed by atoms with Crippen LogP contribution in [0.3, 0.4) is 0 Å².